The lowest BCUT2D eigenvalue weighted by Gasteiger charge is -2.08. The number of aromatic nitrogens is 2. The summed E-state index contributed by atoms with van der Waals surface area (Å²) in [6.45, 7) is 0. The monoisotopic (exact) mass is 409 g/mol. The average molecular weight is 410 g/mol. The lowest BCUT2D eigenvalue weighted by molar-refractivity contribution is 0.103. The number of anilines is 1. The molecule has 4 nitrogen and oxygen atoms in total. The molecule has 4 rings (SSSR count). The standard InChI is InChI=1S/C19H12BrN3OS/c20-14-10-8-13(9-11-14)17-18(25-23-22-17)19(24)21-16-7-3-5-12-4-1-2-6-15(12)16/h1-11H,(H,21,24). The van der Waals surface area contributed by atoms with Crippen molar-refractivity contribution in [1.82, 2.24) is 9.59 Å². The number of hydrogen-bond acceptors (Lipinski definition) is 4. The Hall–Kier alpha value is -2.57. The Balaban J connectivity index is 1.68. The number of carbonyl (C=O) groups excluding carboxylic acids is 1. The van der Waals surface area contributed by atoms with E-state index >= 15 is 0 Å². The first-order chi connectivity index (χ1) is 12.2. The van der Waals surface area contributed by atoms with Gasteiger partial charge in [0.05, 0.1) is 0 Å². The molecule has 0 spiro atoms. The van der Waals surface area contributed by atoms with Crippen LogP contribution in [0.4, 0.5) is 5.69 Å². The molecule has 1 heterocycles. The minimum absolute atomic E-state index is 0.204. The van der Waals surface area contributed by atoms with E-state index in [0.717, 1.165) is 38.0 Å². The quantitative estimate of drug-likeness (QED) is 0.494. The van der Waals surface area contributed by atoms with Gasteiger partial charge in [-0.05, 0) is 35.1 Å². The number of nitrogens with one attached hydrogen (secondary N) is 1. The van der Waals surface area contributed by atoms with E-state index in [4.69, 9.17) is 0 Å². The number of benzene rings is 3. The number of rotatable bonds is 3. The Morgan fingerprint density at radius 1 is 0.960 bits per heavy atom. The van der Waals surface area contributed by atoms with Gasteiger partial charge in [0.15, 0.2) is 0 Å². The second-order valence-corrected chi connectivity index (χ2v) is 7.11. The molecular weight excluding hydrogens is 398 g/mol. The third-order valence-corrected chi connectivity index (χ3v) is 5.10. The van der Waals surface area contributed by atoms with Crippen LogP contribution in [0.1, 0.15) is 9.67 Å². The summed E-state index contributed by atoms with van der Waals surface area (Å²) in [4.78, 5) is 13.3. The van der Waals surface area contributed by atoms with Gasteiger partial charge in [0.1, 0.15) is 10.6 Å². The number of hydrogen-bond donors (Lipinski definition) is 1. The predicted molar refractivity (Wildman–Crippen MR) is 105 cm³/mol. The first-order valence-corrected chi connectivity index (χ1v) is 9.16. The lowest BCUT2D eigenvalue weighted by Crippen LogP contribution is -2.11. The van der Waals surface area contributed by atoms with Crippen LogP contribution in [-0.2, 0) is 0 Å². The number of nitrogens with zero attached hydrogens (tertiary/aromatic N) is 2. The second kappa shape index (κ2) is 6.74. The van der Waals surface area contributed by atoms with Crippen molar-refractivity contribution in [2.24, 2.45) is 0 Å². The van der Waals surface area contributed by atoms with Crippen LogP contribution < -0.4 is 5.32 Å². The van der Waals surface area contributed by atoms with E-state index in [1.54, 1.807) is 0 Å². The first kappa shape index (κ1) is 15.9. The smallest absolute Gasteiger partial charge is 0.269 e. The Bertz CT molecular complexity index is 1050. The zero-order chi connectivity index (χ0) is 17.2. The van der Waals surface area contributed by atoms with Crippen molar-refractivity contribution in [1.29, 1.82) is 0 Å². The van der Waals surface area contributed by atoms with Gasteiger partial charge in [-0.2, -0.15) is 0 Å². The number of amides is 1. The van der Waals surface area contributed by atoms with Crippen LogP contribution in [0.2, 0.25) is 0 Å². The maximum atomic E-state index is 12.8. The Morgan fingerprint density at radius 3 is 2.56 bits per heavy atom. The van der Waals surface area contributed by atoms with Crippen molar-refractivity contribution >= 4 is 49.8 Å². The van der Waals surface area contributed by atoms with E-state index in [1.165, 1.54) is 0 Å². The summed E-state index contributed by atoms with van der Waals surface area (Å²) < 4.78 is 4.94. The molecule has 0 saturated heterocycles. The van der Waals surface area contributed by atoms with E-state index in [1.807, 2.05) is 66.7 Å². The minimum atomic E-state index is -0.204. The zero-order valence-electron chi connectivity index (χ0n) is 12.9. The van der Waals surface area contributed by atoms with Crippen LogP contribution in [0.25, 0.3) is 22.0 Å². The highest BCUT2D eigenvalue weighted by atomic mass is 79.9. The Labute approximate surface area is 156 Å². The van der Waals surface area contributed by atoms with Crippen molar-refractivity contribution in [2.45, 2.75) is 0 Å². The molecule has 6 heteroatoms. The molecule has 1 amide bonds. The van der Waals surface area contributed by atoms with Crippen LogP contribution >= 0.6 is 27.5 Å². The average Bonchev–Trinajstić information content (AvgIpc) is 3.12. The van der Waals surface area contributed by atoms with E-state index < -0.39 is 0 Å². The summed E-state index contributed by atoms with van der Waals surface area (Å²) in [5.74, 6) is -0.204. The third kappa shape index (κ3) is 3.18. The molecule has 4 aromatic rings. The summed E-state index contributed by atoms with van der Waals surface area (Å²) in [6, 6.07) is 21.5. The highest BCUT2D eigenvalue weighted by Gasteiger charge is 2.18. The molecule has 1 N–H and O–H groups in total. The summed E-state index contributed by atoms with van der Waals surface area (Å²) in [6.07, 6.45) is 0. The minimum Gasteiger partial charge on any atom is -0.321 e. The van der Waals surface area contributed by atoms with Crippen LogP contribution in [0.5, 0.6) is 0 Å². The predicted octanol–water partition coefficient (Wildman–Crippen LogP) is 5.37. The normalized spacial score (nSPS) is 10.8. The lowest BCUT2D eigenvalue weighted by atomic mass is 10.1. The maximum absolute atomic E-state index is 12.8. The van der Waals surface area contributed by atoms with Gasteiger partial charge in [-0.25, -0.2) is 0 Å². The van der Waals surface area contributed by atoms with Crippen molar-refractivity contribution in [3.63, 3.8) is 0 Å². The van der Waals surface area contributed by atoms with Gasteiger partial charge in [-0.1, -0.05) is 68.9 Å². The van der Waals surface area contributed by atoms with Crippen molar-refractivity contribution in [3.8, 4) is 11.3 Å². The maximum Gasteiger partial charge on any atom is 0.269 e. The second-order valence-electron chi connectivity index (χ2n) is 5.44. The fraction of sp³-hybridized carbons (Fsp3) is 0. The van der Waals surface area contributed by atoms with Crippen LogP contribution in [0.15, 0.2) is 71.2 Å². The van der Waals surface area contributed by atoms with Gasteiger partial charge in [-0.15, -0.1) is 5.10 Å². The van der Waals surface area contributed by atoms with E-state index in [0.29, 0.717) is 10.6 Å². The zero-order valence-corrected chi connectivity index (χ0v) is 15.3. The molecule has 3 aromatic carbocycles. The molecule has 0 aliphatic rings. The molecule has 0 radical (unpaired) electrons. The summed E-state index contributed by atoms with van der Waals surface area (Å²) >= 11 is 4.51. The Kier molecular flexibility index (Phi) is 4.29. The molecule has 0 fully saturated rings. The Morgan fingerprint density at radius 2 is 1.72 bits per heavy atom. The van der Waals surface area contributed by atoms with Gasteiger partial charge in [0.2, 0.25) is 0 Å². The summed E-state index contributed by atoms with van der Waals surface area (Å²) in [5.41, 5.74) is 2.23. The molecule has 0 atom stereocenters. The molecule has 1 aromatic heterocycles. The van der Waals surface area contributed by atoms with Gasteiger partial charge in [0.25, 0.3) is 5.91 Å². The SMILES string of the molecule is O=C(Nc1cccc2ccccc12)c1snnc1-c1ccc(Br)cc1. The first-order valence-electron chi connectivity index (χ1n) is 7.60. The van der Waals surface area contributed by atoms with Crippen molar-refractivity contribution in [2.75, 3.05) is 5.32 Å². The van der Waals surface area contributed by atoms with Crippen LogP contribution in [0, 0.1) is 0 Å². The molecule has 0 saturated carbocycles. The topological polar surface area (TPSA) is 54.9 Å². The van der Waals surface area contributed by atoms with E-state index in [-0.39, 0.29) is 5.91 Å². The highest BCUT2D eigenvalue weighted by molar-refractivity contribution is 9.10. The van der Waals surface area contributed by atoms with Crippen molar-refractivity contribution in [3.05, 3.63) is 76.1 Å². The van der Waals surface area contributed by atoms with Crippen LogP contribution in [0.3, 0.4) is 0 Å². The molecular formula is C19H12BrN3OS. The summed E-state index contributed by atoms with van der Waals surface area (Å²) in [5, 5.41) is 9.21. The fourth-order valence-corrected chi connectivity index (χ4v) is 3.50. The third-order valence-electron chi connectivity index (χ3n) is 3.85. The van der Waals surface area contributed by atoms with Crippen molar-refractivity contribution < 1.29 is 4.79 Å². The van der Waals surface area contributed by atoms with Gasteiger partial charge >= 0.3 is 0 Å². The highest BCUT2D eigenvalue weighted by Crippen LogP contribution is 2.28. The van der Waals surface area contributed by atoms with E-state index in [2.05, 4.69) is 30.8 Å². The van der Waals surface area contributed by atoms with Gasteiger partial charge in [-0.3, -0.25) is 4.79 Å². The van der Waals surface area contributed by atoms with E-state index in [9.17, 15) is 4.79 Å². The largest absolute Gasteiger partial charge is 0.321 e. The molecule has 0 bridgehead atoms. The molecule has 0 aliphatic heterocycles. The number of carbonyl (C=O) groups is 1. The molecule has 122 valence electrons. The molecule has 0 aliphatic carbocycles. The molecule has 25 heavy (non-hydrogen) atoms. The fourth-order valence-electron chi connectivity index (χ4n) is 2.65. The van der Waals surface area contributed by atoms with Gasteiger partial charge < -0.3 is 5.32 Å². The number of halogens is 1. The van der Waals surface area contributed by atoms with Gasteiger partial charge in [0, 0.05) is 21.1 Å². The van der Waals surface area contributed by atoms with Crippen LogP contribution in [-0.4, -0.2) is 15.5 Å². The number of fused-ring (bicyclic) bond motifs is 1. The molecule has 0 unspecified atom stereocenters. The summed E-state index contributed by atoms with van der Waals surface area (Å²) in [7, 11) is 0.